The second-order valence-electron chi connectivity index (χ2n) is 6.78. The molecule has 0 bridgehead atoms. The number of carbonyl (C=O) groups excluding carboxylic acids is 1. The summed E-state index contributed by atoms with van der Waals surface area (Å²) in [5.74, 6) is 1.80. The van der Waals surface area contributed by atoms with E-state index in [1.807, 2.05) is 65.4 Å². The molecule has 3 aromatic rings. The number of rotatable bonds is 3. The lowest BCUT2D eigenvalue weighted by atomic mass is 10.2. The van der Waals surface area contributed by atoms with Crippen LogP contribution in [0.15, 0.2) is 30.5 Å². The molecule has 1 amide bonds. The van der Waals surface area contributed by atoms with Gasteiger partial charge in [0.05, 0.1) is 29.9 Å². The van der Waals surface area contributed by atoms with Crippen molar-refractivity contribution in [2.24, 2.45) is 7.05 Å². The molecule has 0 radical (unpaired) electrons. The van der Waals surface area contributed by atoms with E-state index in [4.69, 9.17) is 4.74 Å². The molecule has 0 aliphatic carbocycles. The highest BCUT2D eigenvalue weighted by molar-refractivity contribution is 5.81. The largest absolute Gasteiger partial charge is 0.367 e. The van der Waals surface area contributed by atoms with E-state index in [0.29, 0.717) is 26.2 Å². The van der Waals surface area contributed by atoms with Crippen LogP contribution in [0, 0.1) is 13.8 Å². The second-order valence-corrected chi connectivity index (χ2v) is 6.78. The van der Waals surface area contributed by atoms with Gasteiger partial charge in [-0.3, -0.25) is 4.79 Å². The lowest BCUT2D eigenvalue weighted by Crippen LogP contribution is -2.44. The van der Waals surface area contributed by atoms with Gasteiger partial charge in [0, 0.05) is 19.8 Å². The van der Waals surface area contributed by atoms with E-state index in [9.17, 15) is 4.79 Å². The molecule has 0 N–H and O–H groups in total. The predicted molar refractivity (Wildman–Crippen MR) is 97.7 cm³/mol. The smallest absolute Gasteiger partial charge is 0.242 e. The summed E-state index contributed by atoms with van der Waals surface area (Å²) in [5, 5.41) is 0. The number of fused-ring (bicyclic) bond motifs is 1. The number of imidazole rings is 2. The summed E-state index contributed by atoms with van der Waals surface area (Å²) in [7, 11) is 1.96. The first-order valence-electron chi connectivity index (χ1n) is 8.84. The van der Waals surface area contributed by atoms with E-state index in [1.54, 1.807) is 0 Å². The van der Waals surface area contributed by atoms with Crippen LogP contribution in [-0.4, -0.2) is 49.6 Å². The van der Waals surface area contributed by atoms with Crippen LogP contribution in [0.3, 0.4) is 0 Å². The molecule has 1 fully saturated rings. The lowest BCUT2D eigenvalue weighted by Gasteiger charge is -2.32. The van der Waals surface area contributed by atoms with Crippen molar-refractivity contribution in [2.75, 3.05) is 19.7 Å². The molecule has 1 aliphatic rings. The standard InChI is InChI=1S/C19H23N5O2/c1-13-10-22(3)19(20-13)17-11-23(8-9-26-17)18(25)12-24-14(2)21-15-6-4-5-7-16(15)24/h4-7,10,17H,8-9,11-12H2,1-3H3/t17-/m1/s1. The normalized spacial score (nSPS) is 17.8. The fourth-order valence-corrected chi connectivity index (χ4v) is 3.60. The maximum atomic E-state index is 12.9. The molecule has 1 atom stereocenters. The third-order valence-electron chi connectivity index (χ3n) is 4.88. The summed E-state index contributed by atoms with van der Waals surface area (Å²) < 4.78 is 9.82. The molecule has 0 spiro atoms. The summed E-state index contributed by atoms with van der Waals surface area (Å²) in [6, 6.07) is 7.90. The molecule has 26 heavy (non-hydrogen) atoms. The third-order valence-corrected chi connectivity index (χ3v) is 4.88. The second kappa shape index (κ2) is 6.57. The van der Waals surface area contributed by atoms with Crippen LogP contribution in [0.5, 0.6) is 0 Å². The summed E-state index contributed by atoms with van der Waals surface area (Å²) in [6.45, 7) is 5.83. The zero-order chi connectivity index (χ0) is 18.3. The number of aromatic nitrogens is 4. The zero-order valence-electron chi connectivity index (χ0n) is 15.3. The van der Waals surface area contributed by atoms with Gasteiger partial charge in [-0.1, -0.05) is 12.1 Å². The average Bonchev–Trinajstić information content (AvgIpc) is 3.14. The Morgan fingerprint density at radius 3 is 2.85 bits per heavy atom. The van der Waals surface area contributed by atoms with E-state index < -0.39 is 0 Å². The number of hydrogen-bond acceptors (Lipinski definition) is 4. The van der Waals surface area contributed by atoms with Crippen LogP contribution in [0.25, 0.3) is 11.0 Å². The minimum Gasteiger partial charge on any atom is -0.367 e. The molecule has 7 heteroatoms. The maximum absolute atomic E-state index is 12.9. The van der Waals surface area contributed by atoms with Crippen LogP contribution >= 0.6 is 0 Å². The Bertz CT molecular complexity index is 958. The van der Waals surface area contributed by atoms with Crippen molar-refractivity contribution in [1.82, 2.24) is 24.0 Å². The first-order chi connectivity index (χ1) is 12.5. The van der Waals surface area contributed by atoms with E-state index in [-0.39, 0.29) is 12.0 Å². The fraction of sp³-hybridized carbons (Fsp3) is 0.421. The van der Waals surface area contributed by atoms with Gasteiger partial charge in [0.25, 0.3) is 0 Å². The summed E-state index contributed by atoms with van der Waals surface area (Å²) in [4.78, 5) is 23.9. The number of aryl methyl sites for hydroxylation is 3. The van der Waals surface area contributed by atoms with E-state index in [2.05, 4.69) is 9.97 Å². The third kappa shape index (κ3) is 2.99. The number of carbonyl (C=O) groups is 1. The van der Waals surface area contributed by atoms with E-state index >= 15 is 0 Å². The number of ether oxygens (including phenoxy) is 1. The Morgan fingerprint density at radius 1 is 1.27 bits per heavy atom. The first kappa shape index (κ1) is 16.8. The highest BCUT2D eigenvalue weighted by Gasteiger charge is 2.28. The van der Waals surface area contributed by atoms with E-state index in [0.717, 1.165) is 28.4 Å². The molecule has 1 aromatic carbocycles. The van der Waals surface area contributed by atoms with Crippen molar-refractivity contribution in [3.05, 3.63) is 47.8 Å². The molecular weight excluding hydrogens is 330 g/mol. The molecule has 2 aromatic heterocycles. The number of benzene rings is 1. The zero-order valence-corrected chi connectivity index (χ0v) is 15.3. The van der Waals surface area contributed by atoms with Gasteiger partial charge in [-0.2, -0.15) is 0 Å². The van der Waals surface area contributed by atoms with Gasteiger partial charge in [-0.15, -0.1) is 0 Å². The molecule has 3 heterocycles. The Morgan fingerprint density at radius 2 is 2.08 bits per heavy atom. The van der Waals surface area contributed by atoms with Crippen molar-refractivity contribution in [3.63, 3.8) is 0 Å². The average molecular weight is 353 g/mol. The van der Waals surface area contributed by atoms with Gasteiger partial charge in [0.2, 0.25) is 5.91 Å². The monoisotopic (exact) mass is 353 g/mol. The van der Waals surface area contributed by atoms with Crippen molar-refractivity contribution in [3.8, 4) is 0 Å². The van der Waals surface area contributed by atoms with Crippen LogP contribution < -0.4 is 0 Å². The predicted octanol–water partition coefficient (Wildman–Crippen LogP) is 1.99. The van der Waals surface area contributed by atoms with Crippen molar-refractivity contribution >= 4 is 16.9 Å². The van der Waals surface area contributed by atoms with Crippen LogP contribution in [0.2, 0.25) is 0 Å². The SMILES string of the molecule is Cc1cn(C)c([C@H]2CN(C(=O)Cn3c(C)nc4ccccc43)CCO2)n1. The van der Waals surface area contributed by atoms with Crippen LogP contribution in [0.4, 0.5) is 0 Å². The minimum atomic E-state index is -0.188. The van der Waals surface area contributed by atoms with Crippen LogP contribution in [-0.2, 0) is 23.1 Å². The van der Waals surface area contributed by atoms with Crippen LogP contribution in [0.1, 0.15) is 23.4 Å². The van der Waals surface area contributed by atoms with Crippen molar-refractivity contribution in [1.29, 1.82) is 0 Å². The molecular formula is C19H23N5O2. The van der Waals surface area contributed by atoms with E-state index in [1.165, 1.54) is 0 Å². The number of hydrogen-bond donors (Lipinski definition) is 0. The molecule has 1 saturated heterocycles. The topological polar surface area (TPSA) is 65.2 Å². The molecule has 1 aliphatic heterocycles. The molecule has 7 nitrogen and oxygen atoms in total. The molecule has 0 saturated carbocycles. The van der Waals surface area contributed by atoms with Gasteiger partial charge in [-0.05, 0) is 26.0 Å². The fourth-order valence-electron chi connectivity index (χ4n) is 3.60. The Hall–Kier alpha value is -2.67. The number of morpholine rings is 1. The summed E-state index contributed by atoms with van der Waals surface area (Å²) in [5.41, 5.74) is 2.86. The maximum Gasteiger partial charge on any atom is 0.242 e. The van der Waals surface area contributed by atoms with Crippen molar-refractivity contribution in [2.45, 2.75) is 26.5 Å². The highest BCUT2D eigenvalue weighted by Crippen LogP contribution is 2.22. The highest BCUT2D eigenvalue weighted by atomic mass is 16.5. The number of amides is 1. The van der Waals surface area contributed by atoms with Gasteiger partial charge in [0.1, 0.15) is 24.3 Å². The summed E-state index contributed by atoms with van der Waals surface area (Å²) >= 11 is 0. The Labute approximate surface area is 152 Å². The Balaban J connectivity index is 1.52. The quantitative estimate of drug-likeness (QED) is 0.722. The lowest BCUT2D eigenvalue weighted by molar-refractivity contribution is -0.140. The summed E-state index contributed by atoms with van der Waals surface area (Å²) in [6.07, 6.45) is 1.78. The van der Waals surface area contributed by atoms with Gasteiger partial charge in [0.15, 0.2) is 0 Å². The molecule has 0 unspecified atom stereocenters. The molecule has 136 valence electrons. The Kier molecular flexibility index (Phi) is 4.24. The van der Waals surface area contributed by atoms with Gasteiger partial charge in [-0.25, -0.2) is 9.97 Å². The van der Waals surface area contributed by atoms with Crippen molar-refractivity contribution < 1.29 is 9.53 Å². The number of nitrogens with zero attached hydrogens (tertiary/aromatic N) is 5. The number of para-hydroxylation sites is 2. The molecule has 4 rings (SSSR count). The van der Waals surface area contributed by atoms with Gasteiger partial charge >= 0.3 is 0 Å². The van der Waals surface area contributed by atoms with Gasteiger partial charge < -0.3 is 18.8 Å². The minimum absolute atomic E-state index is 0.0792. The first-order valence-corrected chi connectivity index (χ1v) is 8.84.